The number of aromatic nitrogens is 2. The van der Waals surface area contributed by atoms with Gasteiger partial charge in [-0.15, -0.1) is 0 Å². The van der Waals surface area contributed by atoms with Crippen LogP contribution in [0.3, 0.4) is 0 Å². The Kier molecular flexibility index (Phi) is 3.16. The summed E-state index contributed by atoms with van der Waals surface area (Å²) in [6.45, 7) is 0.304. The molecule has 0 aliphatic rings. The lowest BCUT2D eigenvalue weighted by Gasteiger charge is -2.05. The Hall–Kier alpha value is -2.33. The molecular formula is C15H14N2O2. The van der Waals surface area contributed by atoms with Gasteiger partial charge in [0.15, 0.2) is 0 Å². The molecule has 0 aliphatic carbocycles. The summed E-state index contributed by atoms with van der Waals surface area (Å²) in [6, 6.07) is 15.6. The minimum Gasteiger partial charge on any atom is -0.491 e. The number of imidazole rings is 1. The maximum atomic E-state index is 8.77. The molecule has 0 saturated heterocycles. The van der Waals surface area contributed by atoms with E-state index in [4.69, 9.17) is 9.84 Å². The second kappa shape index (κ2) is 5.12. The van der Waals surface area contributed by atoms with Crippen molar-refractivity contribution in [3.63, 3.8) is 0 Å². The third kappa shape index (κ3) is 2.44. The van der Waals surface area contributed by atoms with Crippen LogP contribution >= 0.6 is 0 Å². The lowest BCUT2D eigenvalue weighted by Crippen LogP contribution is -2.01. The normalized spacial score (nSPS) is 10.8. The molecule has 0 unspecified atom stereocenters. The van der Waals surface area contributed by atoms with E-state index in [1.165, 1.54) is 0 Å². The lowest BCUT2D eigenvalue weighted by atomic mass is 10.2. The average molecular weight is 254 g/mol. The van der Waals surface area contributed by atoms with E-state index in [-0.39, 0.29) is 6.61 Å². The zero-order chi connectivity index (χ0) is 13.1. The van der Waals surface area contributed by atoms with Gasteiger partial charge in [0.2, 0.25) is 0 Å². The molecule has 2 N–H and O–H groups in total. The van der Waals surface area contributed by atoms with Gasteiger partial charge in [-0.05, 0) is 24.3 Å². The number of aromatic amines is 1. The second-order valence-electron chi connectivity index (χ2n) is 4.20. The van der Waals surface area contributed by atoms with Gasteiger partial charge in [-0.1, -0.05) is 24.3 Å². The first kappa shape index (κ1) is 11.7. The first-order valence-corrected chi connectivity index (χ1v) is 6.15. The molecule has 0 fully saturated rings. The van der Waals surface area contributed by atoms with Gasteiger partial charge in [0.1, 0.15) is 18.2 Å². The van der Waals surface area contributed by atoms with E-state index in [2.05, 4.69) is 9.97 Å². The maximum absolute atomic E-state index is 8.77. The number of rotatable bonds is 4. The molecule has 96 valence electrons. The van der Waals surface area contributed by atoms with E-state index in [9.17, 15) is 0 Å². The predicted molar refractivity (Wildman–Crippen MR) is 74.1 cm³/mol. The van der Waals surface area contributed by atoms with Gasteiger partial charge in [-0.2, -0.15) is 0 Å². The summed E-state index contributed by atoms with van der Waals surface area (Å²) in [6.07, 6.45) is 0. The van der Waals surface area contributed by atoms with E-state index in [0.29, 0.717) is 6.61 Å². The molecule has 0 atom stereocenters. The molecule has 0 saturated carbocycles. The van der Waals surface area contributed by atoms with Crippen molar-refractivity contribution >= 4 is 11.0 Å². The molecule has 1 aromatic heterocycles. The summed E-state index contributed by atoms with van der Waals surface area (Å²) < 4.78 is 5.40. The van der Waals surface area contributed by atoms with E-state index < -0.39 is 0 Å². The summed E-state index contributed by atoms with van der Waals surface area (Å²) >= 11 is 0. The highest BCUT2D eigenvalue weighted by Crippen LogP contribution is 2.23. The van der Waals surface area contributed by atoms with Crippen LogP contribution < -0.4 is 4.74 Å². The third-order valence-electron chi connectivity index (χ3n) is 2.86. The quantitative estimate of drug-likeness (QED) is 0.752. The highest BCUT2D eigenvalue weighted by atomic mass is 16.5. The van der Waals surface area contributed by atoms with E-state index >= 15 is 0 Å². The van der Waals surface area contributed by atoms with Gasteiger partial charge in [0.05, 0.1) is 17.6 Å². The van der Waals surface area contributed by atoms with Crippen molar-refractivity contribution in [3.8, 4) is 17.1 Å². The Labute approximate surface area is 110 Å². The summed E-state index contributed by atoms with van der Waals surface area (Å²) in [4.78, 5) is 7.82. The third-order valence-corrected chi connectivity index (χ3v) is 2.86. The molecule has 0 aliphatic heterocycles. The zero-order valence-electron chi connectivity index (χ0n) is 10.3. The number of ether oxygens (including phenoxy) is 1. The summed E-state index contributed by atoms with van der Waals surface area (Å²) in [5, 5.41) is 8.77. The van der Waals surface area contributed by atoms with Crippen LogP contribution in [0.2, 0.25) is 0 Å². The number of hydrogen-bond acceptors (Lipinski definition) is 3. The van der Waals surface area contributed by atoms with Crippen LogP contribution in [0.5, 0.6) is 5.75 Å². The number of nitrogens with one attached hydrogen (secondary N) is 1. The molecule has 0 radical (unpaired) electrons. The average Bonchev–Trinajstić information content (AvgIpc) is 2.89. The number of fused-ring (bicyclic) bond motifs is 1. The predicted octanol–water partition coefficient (Wildman–Crippen LogP) is 2.60. The molecule has 4 heteroatoms. The fraction of sp³-hybridized carbons (Fsp3) is 0.133. The Bertz CT molecular complexity index is 658. The van der Waals surface area contributed by atoms with Gasteiger partial charge in [0, 0.05) is 5.56 Å². The van der Waals surface area contributed by atoms with Crippen molar-refractivity contribution in [2.45, 2.75) is 0 Å². The van der Waals surface area contributed by atoms with Crippen LogP contribution in [0.4, 0.5) is 0 Å². The van der Waals surface area contributed by atoms with Gasteiger partial charge in [0.25, 0.3) is 0 Å². The number of para-hydroxylation sites is 2. The fourth-order valence-corrected chi connectivity index (χ4v) is 1.99. The van der Waals surface area contributed by atoms with Crippen molar-refractivity contribution in [2.75, 3.05) is 13.2 Å². The number of aliphatic hydroxyl groups is 1. The van der Waals surface area contributed by atoms with E-state index in [1.54, 1.807) is 0 Å². The number of hydrogen-bond donors (Lipinski definition) is 2. The Balaban J connectivity index is 1.96. The number of nitrogens with zero attached hydrogens (tertiary/aromatic N) is 1. The molecule has 3 aromatic rings. The maximum Gasteiger partial charge on any atom is 0.138 e. The van der Waals surface area contributed by atoms with Crippen LogP contribution in [0.1, 0.15) is 0 Å². The monoisotopic (exact) mass is 254 g/mol. The lowest BCUT2D eigenvalue weighted by molar-refractivity contribution is 0.201. The van der Waals surface area contributed by atoms with Crippen LogP contribution in [0.25, 0.3) is 22.4 Å². The highest BCUT2D eigenvalue weighted by molar-refractivity contribution is 5.79. The number of benzene rings is 2. The van der Waals surface area contributed by atoms with E-state index in [1.807, 2.05) is 48.5 Å². The smallest absolute Gasteiger partial charge is 0.138 e. The van der Waals surface area contributed by atoms with Crippen molar-refractivity contribution < 1.29 is 9.84 Å². The molecule has 0 spiro atoms. The largest absolute Gasteiger partial charge is 0.491 e. The Morgan fingerprint density at radius 2 is 2.00 bits per heavy atom. The fourth-order valence-electron chi connectivity index (χ4n) is 1.99. The highest BCUT2D eigenvalue weighted by Gasteiger charge is 2.05. The SMILES string of the molecule is OCCOc1cccc(-c2nc3ccccc3[nH]2)c1. The van der Waals surface area contributed by atoms with Crippen molar-refractivity contribution in [1.29, 1.82) is 0 Å². The van der Waals surface area contributed by atoms with Crippen LogP contribution in [-0.4, -0.2) is 28.3 Å². The topological polar surface area (TPSA) is 58.1 Å². The van der Waals surface area contributed by atoms with Gasteiger partial charge in [-0.3, -0.25) is 0 Å². The molecule has 4 nitrogen and oxygen atoms in total. The standard InChI is InChI=1S/C15H14N2O2/c18-8-9-19-12-5-3-4-11(10-12)15-16-13-6-1-2-7-14(13)17-15/h1-7,10,18H,8-9H2,(H,16,17). The minimum absolute atomic E-state index is 0.00879. The number of H-pyrrole nitrogens is 1. The Morgan fingerprint density at radius 1 is 1.11 bits per heavy atom. The zero-order valence-corrected chi connectivity index (χ0v) is 10.3. The van der Waals surface area contributed by atoms with Crippen LogP contribution in [0.15, 0.2) is 48.5 Å². The van der Waals surface area contributed by atoms with Crippen LogP contribution in [0, 0.1) is 0 Å². The molecule has 19 heavy (non-hydrogen) atoms. The van der Waals surface area contributed by atoms with Crippen molar-refractivity contribution in [3.05, 3.63) is 48.5 Å². The van der Waals surface area contributed by atoms with Crippen LogP contribution in [-0.2, 0) is 0 Å². The van der Waals surface area contributed by atoms with E-state index in [0.717, 1.165) is 28.2 Å². The summed E-state index contributed by atoms with van der Waals surface area (Å²) in [7, 11) is 0. The minimum atomic E-state index is 0.00879. The van der Waals surface area contributed by atoms with Gasteiger partial charge < -0.3 is 14.8 Å². The van der Waals surface area contributed by atoms with Gasteiger partial charge >= 0.3 is 0 Å². The Morgan fingerprint density at radius 3 is 2.84 bits per heavy atom. The summed E-state index contributed by atoms with van der Waals surface area (Å²) in [5.74, 6) is 1.54. The first-order chi connectivity index (χ1) is 9.36. The second-order valence-corrected chi connectivity index (χ2v) is 4.20. The van der Waals surface area contributed by atoms with Crippen molar-refractivity contribution in [2.24, 2.45) is 0 Å². The van der Waals surface area contributed by atoms with Crippen molar-refractivity contribution in [1.82, 2.24) is 9.97 Å². The molecule has 0 bridgehead atoms. The molecule has 1 heterocycles. The summed E-state index contributed by atoms with van der Waals surface area (Å²) in [5.41, 5.74) is 2.92. The van der Waals surface area contributed by atoms with Gasteiger partial charge in [-0.25, -0.2) is 4.98 Å². The molecular weight excluding hydrogens is 240 g/mol. The first-order valence-electron chi connectivity index (χ1n) is 6.15. The molecule has 2 aromatic carbocycles. The molecule has 3 rings (SSSR count). The molecule has 0 amide bonds. The number of aliphatic hydroxyl groups excluding tert-OH is 1.